The van der Waals surface area contributed by atoms with Crippen molar-refractivity contribution in [3.8, 4) is 23.3 Å². The van der Waals surface area contributed by atoms with Crippen molar-refractivity contribution < 1.29 is 19.5 Å². The van der Waals surface area contributed by atoms with Crippen LogP contribution in [0.1, 0.15) is 22.6 Å². The maximum Gasteiger partial charge on any atom is 0.269 e. The molecule has 3 aromatic carbocycles. The summed E-state index contributed by atoms with van der Waals surface area (Å²) in [4.78, 5) is 10.4. The highest BCUT2D eigenvalue weighted by Gasteiger charge is 2.33. The molecule has 1 heterocycles. The number of nitriles is 1. The van der Waals surface area contributed by atoms with Gasteiger partial charge in [-0.15, -0.1) is 0 Å². The van der Waals surface area contributed by atoms with Crippen LogP contribution in [-0.4, -0.2) is 10.0 Å². The molecule has 0 saturated heterocycles. The first-order chi connectivity index (χ1) is 15.4. The van der Waals surface area contributed by atoms with Crippen LogP contribution in [-0.2, 0) is 6.61 Å². The second kappa shape index (κ2) is 8.61. The Bertz CT molecular complexity index is 1280. The molecular weight excluding hydrogens is 478 g/mol. The minimum Gasteiger partial charge on any atom is -0.508 e. The Morgan fingerprint density at radius 3 is 2.59 bits per heavy atom. The van der Waals surface area contributed by atoms with Crippen LogP contribution in [0, 0.1) is 21.4 Å². The van der Waals surface area contributed by atoms with E-state index in [0.29, 0.717) is 22.6 Å². The summed E-state index contributed by atoms with van der Waals surface area (Å²) in [6.45, 7) is 0.166. The first kappa shape index (κ1) is 21.2. The molecule has 0 unspecified atom stereocenters. The molecule has 32 heavy (non-hydrogen) atoms. The molecule has 0 amide bonds. The SMILES string of the molecule is N#CC1=C(N)Oc2cc(O)ccc2[C@H]1c1cc(Br)ccc1OCc1ccc([N+](=O)[O-])cc1. The van der Waals surface area contributed by atoms with E-state index in [2.05, 4.69) is 22.0 Å². The Morgan fingerprint density at radius 2 is 1.91 bits per heavy atom. The first-order valence-corrected chi connectivity index (χ1v) is 10.2. The Morgan fingerprint density at radius 1 is 1.16 bits per heavy atom. The number of phenols is 1. The number of benzene rings is 3. The number of ether oxygens (including phenoxy) is 2. The summed E-state index contributed by atoms with van der Waals surface area (Å²) in [7, 11) is 0. The lowest BCUT2D eigenvalue weighted by molar-refractivity contribution is -0.384. The predicted molar refractivity (Wildman–Crippen MR) is 119 cm³/mol. The first-order valence-electron chi connectivity index (χ1n) is 9.43. The predicted octanol–water partition coefficient (Wildman–Crippen LogP) is 4.86. The lowest BCUT2D eigenvalue weighted by atomic mass is 9.83. The highest BCUT2D eigenvalue weighted by Crippen LogP contribution is 2.46. The van der Waals surface area contributed by atoms with Gasteiger partial charge in [0.1, 0.15) is 35.5 Å². The molecule has 4 rings (SSSR count). The summed E-state index contributed by atoms with van der Waals surface area (Å²) in [5.41, 5.74) is 8.33. The van der Waals surface area contributed by atoms with Gasteiger partial charge < -0.3 is 20.3 Å². The van der Waals surface area contributed by atoms with Crippen molar-refractivity contribution in [1.29, 1.82) is 5.26 Å². The molecule has 8 nitrogen and oxygen atoms in total. The molecule has 160 valence electrons. The van der Waals surface area contributed by atoms with Gasteiger partial charge in [-0.2, -0.15) is 5.26 Å². The van der Waals surface area contributed by atoms with Crippen LogP contribution in [0.3, 0.4) is 0 Å². The zero-order valence-electron chi connectivity index (χ0n) is 16.5. The summed E-state index contributed by atoms with van der Waals surface area (Å²) >= 11 is 3.47. The third kappa shape index (κ3) is 4.08. The number of halogens is 1. The van der Waals surface area contributed by atoms with E-state index < -0.39 is 10.8 Å². The van der Waals surface area contributed by atoms with E-state index in [1.165, 1.54) is 24.3 Å². The van der Waals surface area contributed by atoms with Crippen LogP contribution < -0.4 is 15.2 Å². The zero-order chi connectivity index (χ0) is 22.8. The number of nitro benzene ring substituents is 1. The minimum absolute atomic E-state index is 0.000537. The average molecular weight is 494 g/mol. The third-order valence-corrected chi connectivity index (χ3v) is 5.52. The van der Waals surface area contributed by atoms with Gasteiger partial charge in [0.05, 0.1) is 10.8 Å². The third-order valence-electron chi connectivity index (χ3n) is 5.03. The number of nitrogens with zero attached hydrogens (tertiary/aromatic N) is 2. The van der Waals surface area contributed by atoms with Crippen LogP contribution in [0.4, 0.5) is 5.69 Å². The fraction of sp³-hybridized carbons (Fsp3) is 0.0870. The number of hydrogen-bond donors (Lipinski definition) is 2. The molecule has 3 N–H and O–H groups in total. The molecule has 9 heteroatoms. The minimum atomic E-state index is -0.575. The molecule has 0 bridgehead atoms. The number of rotatable bonds is 5. The van der Waals surface area contributed by atoms with E-state index >= 15 is 0 Å². The van der Waals surface area contributed by atoms with E-state index in [1.54, 1.807) is 24.3 Å². The van der Waals surface area contributed by atoms with Gasteiger partial charge in [-0.25, -0.2) is 0 Å². The van der Waals surface area contributed by atoms with Crippen molar-refractivity contribution in [3.05, 3.63) is 103 Å². The molecular formula is C23H16BrN3O5. The van der Waals surface area contributed by atoms with Crippen molar-refractivity contribution in [2.45, 2.75) is 12.5 Å². The lowest BCUT2D eigenvalue weighted by Gasteiger charge is -2.28. The number of aromatic hydroxyl groups is 1. The highest BCUT2D eigenvalue weighted by atomic mass is 79.9. The highest BCUT2D eigenvalue weighted by molar-refractivity contribution is 9.10. The van der Waals surface area contributed by atoms with E-state index in [-0.39, 0.29) is 29.5 Å². The Hall–Kier alpha value is -4.03. The quantitative estimate of drug-likeness (QED) is 0.383. The van der Waals surface area contributed by atoms with Gasteiger partial charge in [0, 0.05) is 33.8 Å². The fourth-order valence-corrected chi connectivity index (χ4v) is 3.89. The number of nitrogens with two attached hydrogens (primary N) is 1. The van der Waals surface area contributed by atoms with Crippen LogP contribution in [0.2, 0.25) is 0 Å². The molecule has 0 spiro atoms. The van der Waals surface area contributed by atoms with Crippen LogP contribution in [0.5, 0.6) is 17.2 Å². The summed E-state index contributed by atoms with van der Waals surface area (Å²) in [5, 5.41) is 30.5. The average Bonchev–Trinajstić information content (AvgIpc) is 2.77. The van der Waals surface area contributed by atoms with Crippen molar-refractivity contribution >= 4 is 21.6 Å². The van der Waals surface area contributed by atoms with E-state index in [4.69, 9.17) is 15.2 Å². The topological polar surface area (TPSA) is 132 Å². The maximum absolute atomic E-state index is 10.9. The number of non-ortho nitro benzene ring substituents is 1. The summed E-state index contributed by atoms with van der Waals surface area (Å²) in [6.07, 6.45) is 0. The second-order valence-corrected chi connectivity index (χ2v) is 7.96. The smallest absolute Gasteiger partial charge is 0.269 e. The number of allylic oxidation sites excluding steroid dienone is 1. The van der Waals surface area contributed by atoms with Crippen molar-refractivity contribution in [2.75, 3.05) is 0 Å². The van der Waals surface area contributed by atoms with Gasteiger partial charge in [0.2, 0.25) is 5.88 Å². The lowest BCUT2D eigenvalue weighted by Crippen LogP contribution is -2.21. The fourth-order valence-electron chi connectivity index (χ4n) is 3.52. The molecule has 0 aliphatic carbocycles. The molecule has 0 saturated carbocycles. The van der Waals surface area contributed by atoms with Crippen LogP contribution in [0.25, 0.3) is 0 Å². The summed E-state index contributed by atoms with van der Waals surface area (Å²) < 4.78 is 12.4. The second-order valence-electron chi connectivity index (χ2n) is 7.04. The Kier molecular flexibility index (Phi) is 5.71. The normalized spacial score (nSPS) is 14.8. The van der Waals surface area contributed by atoms with E-state index in [1.807, 2.05) is 12.1 Å². The molecule has 1 aliphatic heterocycles. The molecule has 1 aliphatic rings. The molecule has 0 fully saturated rings. The maximum atomic E-state index is 10.9. The van der Waals surface area contributed by atoms with Crippen molar-refractivity contribution in [2.24, 2.45) is 5.73 Å². The van der Waals surface area contributed by atoms with Gasteiger partial charge in [-0.05, 0) is 42.0 Å². The van der Waals surface area contributed by atoms with E-state index in [0.717, 1.165) is 10.0 Å². The van der Waals surface area contributed by atoms with Crippen molar-refractivity contribution in [3.63, 3.8) is 0 Å². The molecule has 1 atom stereocenters. The zero-order valence-corrected chi connectivity index (χ0v) is 18.1. The number of phenolic OH excluding ortho intramolecular Hbond substituents is 1. The van der Waals surface area contributed by atoms with Crippen molar-refractivity contribution in [1.82, 2.24) is 0 Å². The van der Waals surface area contributed by atoms with Crippen LogP contribution in [0.15, 0.2) is 76.6 Å². The number of nitro groups is 1. The van der Waals surface area contributed by atoms with E-state index in [9.17, 15) is 20.5 Å². The largest absolute Gasteiger partial charge is 0.508 e. The van der Waals surface area contributed by atoms with Gasteiger partial charge in [-0.1, -0.05) is 22.0 Å². The van der Waals surface area contributed by atoms with Gasteiger partial charge in [0.25, 0.3) is 5.69 Å². The van der Waals surface area contributed by atoms with Crippen LogP contribution >= 0.6 is 15.9 Å². The van der Waals surface area contributed by atoms with Gasteiger partial charge in [-0.3, -0.25) is 10.1 Å². The number of hydrogen-bond acceptors (Lipinski definition) is 7. The summed E-state index contributed by atoms with van der Waals surface area (Å²) in [6, 6.07) is 18.3. The summed E-state index contributed by atoms with van der Waals surface area (Å²) in [5.74, 6) is 0.260. The molecule has 3 aromatic rings. The monoisotopic (exact) mass is 493 g/mol. The van der Waals surface area contributed by atoms with Gasteiger partial charge in [0.15, 0.2) is 0 Å². The number of fused-ring (bicyclic) bond motifs is 1. The molecule has 0 aromatic heterocycles. The Balaban J connectivity index is 1.73. The molecule has 0 radical (unpaired) electrons. The van der Waals surface area contributed by atoms with Gasteiger partial charge >= 0.3 is 0 Å². The Labute approximate surface area is 191 Å². The standard InChI is InChI=1S/C23H16BrN3O5/c24-14-3-8-20(31-12-13-1-4-15(5-2-13)27(29)30)18(9-14)22-17-7-6-16(28)10-21(17)32-23(26)19(22)11-25/h1-10,22,28H,12,26H2/t22-/m0/s1.